The maximum atomic E-state index is 4.22. The zero-order valence-corrected chi connectivity index (χ0v) is 7.45. The van der Waals surface area contributed by atoms with Gasteiger partial charge in [-0.3, -0.25) is 0 Å². The zero-order chi connectivity index (χ0) is 7.11. The largest absolute Gasteiger partial charge is 0.179 e. The van der Waals surface area contributed by atoms with E-state index in [2.05, 4.69) is 26.5 Å². The summed E-state index contributed by atoms with van der Waals surface area (Å²) in [4.78, 5) is 0. The molecule has 0 radical (unpaired) electrons. The average molecular weight is 146 g/mol. The Morgan fingerprint density at radius 1 is 1.33 bits per heavy atom. The standard InChI is InChI=1S/C8H18S/c1-3-4-5-6-8(2)7-9/h8-9H,3-7H2,1-2H3. The van der Waals surface area contributed by atoms with Crippen molar-refractivity contribution >= 4 is 12.6 Å². The van der Waals surface area contributed by atoms with Gasteiger partial charge in [0.05, 0.1) is 0 Å². The van der Waals surface area contributed by atoms with E-state index in [1.807, 2.05) is 0 Å². The predicted molar refractivity (Wildman–Crippen MR) is 47.2 cm³/mol. The van der Waals surface area contributed by atoms with Gasteiger partial charge >= 0.3 is 0 Å². The molecule has 0 aliphatic carbocycles. The van der Waals surface area contributed by atoms with E-state index >= 15 is 0 Å². The second kappa shape index (κ2) is 6.47. The Hall–Kier alpha value is 0.350. The number of thiol groups is 1. The van der Waals surface area contributed by atoms with Crippen LogP contribution in [-0.2, 0) is 0 Å². The maximum absolute atomic E-state index is 4.22. The minimum absolute atomic E-state index is 0.819. The smallest absolute Gasteiger partial charge is 0.00721 e. The van der Waals surface area contributed by atoms with Gasteiger partial charge in [-0.15, -0.1) is 0 Å². The van der Waals surface area contributed by atoms with Gasteiger partial charge in [-0.05, 0) is 18.1 Å². The normalized spacial score (nSPS) is 13.7. The topological polar surface area (TPSA) is 0 Å². The van der Waals surface area contributed by atoms with Gasteiger partial charge in [-0.2, -0.15) is 12.6 Å². The summed E-state index contributed by atoms with van der Waals surface area (Å²) in [5, 5.41) is 0. The molecule has 0 amide bonds. The fourth-order valence-corrected chi connectivity index (χ4v) is 1.02. The number of rotatable bonds is 5. The quantitative estimate of drug-likeness (QED) is 0.447. The third kappa shape index (κ3) is 6.23. The first-order chi connectivity index (χ1) is 4.31. The van der Waals surface area contributed by atoms with Crippen molar-refractivity contribution in [1.29, 1.82) is 0 Å². The first-order valence-electron chi connectivity index (χ1n) is 3.92. The molecule has 0 aromatic carbocycles. The molecule has 56 valence electrons. The van der Waals surface area contributed by atoms with Gasteiger partial charge in [0, 0.05) is 0 Å². The molecule has 0 saturated heterocycles. The van der Waals surface area contributed by atoms with Crippen molar-refractivity contribution in [1.82, 2.24) is 0 Å². The molecule has 1 unspecified atom stereocenters. The second-order valence-corrected chi connectivity index (χ2v) is 3.15. The van der Waals surface area contributed by atoms with Crippen molar-refractivity contribution in [3.63, 3.8) is 0 Å². The molecule has 0 aliphatic rings. The Morgan fingerprint density at radius 3 is 2.44 bits per heavy atom. The van der Waals surface area contributed by atoms with E-state index in [9.17, 15) is 0 Å². The van der Waals surface area contributed by atoms with Crippen molar-refractivity contribution in [2.75, 3.05) is 5.75 Å². The lowest BCUT2D eigenvalue weighted by molar-refractivity contribution is 0.542. The Bertz CT molecular complexity index is 52.5. The van der Waals surface area contributed by atoms with Crippen molar-refractivity contribution < 1.29 is 0 Å². The highest BCUT2D eigenvalue weighted by molar-refractivity contribution is 7.80. The summed E-state index contributed by atoms with van der Waals surface area (Å²) in [5.41, 5.74) is 0. The molecule has 0 heterocycles. The van der Waals surface area contributed by atoms with E-state index in [1.165, 1.54) is 25.7 Å². The lowest BCUT2D eigenvalue weighted by atomic mass is 10.1. The van der Waals surface area contributed by atoms with Gasteiger partial charge in [-0.1, -0.05) is 33.1 Å². The summed E-state index contributed by atoms with van der Waals surface area (Å²) in [7, 11) is 0. The summed E-state index contributed by atoms with van der Waals surface area (Å²) in [6.07, 6.45) is 5.47. The van der Waals surface area contributed by atoms with Crippen LogP contribution in [0.4, 0.5) is 0 Å². The summed E-state index contributed by atoms with van der Waals surface area (Å²) in [6, 6.07) is 0. The Morgan fingerprint density at radius 2 is 2.00 bits per heavy atom. The van der Waals surface area contributed by atoms with Crippen LogP contribution in [0.1, 0.15) is 39.5 Å². The Kier molecular flexibility index (Phi) is 6.72. The SMILES string of the molecule is CCCCCC(C)CS. The molecule has 1 atom stereocenters. The van der Waals surface area contributed by atoms with Gasteiger partial charge in [0.25, 0.3) is 0 Å². The maximum Gasteiger partial charge on any atom is -0.00721 e. The fourth-order valence-electron chi connectivity index (χ4n) is 0.834. The molecule has 0 aromatic heterocycles. The van der Waals surface area contributed by atoms with Crippen LogP contribution in [0.25, 0.3) is 0 Å². The first-order valence-corrected chi connectivity index (χ1v) is 4.55. The molecule has 0 rings (SSSR count). The van der Waals surface area contributed by atoms with E-state index in [1.54, 1.807) is 0 Å². The van der Waals surface area contributed by atoms with Crippen LogP contribution in [0.2, 0.25) is 0 Å². The van der Waals surface area contributed by atoms with Gasteiger partial charge in [0.2, 0.25) is 0 Å². The summed E-state index contributed by atoms with van der Waals surface area (Å²) < 4.78 is 0. The third-order valence-corrected chi connectivity index (χ3v) is 2.24. The molecule has 0 N–H and O–H groups in total. The Labute approximate surface area is 64.4 Å². The highest BCUT2D eigenvalue weighted by Crippen LogP contribution is 2.09. The zero-order valence-electron chi connectivity index (χ0n) is 6.56. The highest BCUT2D eigenvalue weighted by Gasteiger charge is 1.96. The van der Waals surface area contributed by atoms with Crippen molar-refractivity contribution in [3.8, 4) is 0 Å². The molecule has 0 nitrogen and oxygen atoms in total. The van der Waals surface area contributed by atoms with E-state index in [-0.39, 0.29) is 0 Å². The summed E-state index contributed by atoms with van der Waals surface area (Å²) in [5.74, 6) is 1.86. The molecular weight excluding hydrogens is 128 g/mol. The lowest BCUT2D eigenvalue weighted by Crippen LogP contribution is -1.94. The van der Waals surface area contributed by atoms with E-state index < -0.39 is 0 Å². The first kappa shape index (κ1) is 9.35. The summed E-state index contributed by atoms with van der Waals surface area (Å²) >= 11 is 4.22. The second-order valence-electron chi connectivity index (χ2n) is 2.78. The van der Waals surface area contributed by atoms with Crippen LogP contribution in [-0.4, -0.2) is 5.75 Å². The molecular formula is C8H18S. The highest BCUT2D eigenvalue weighted by atomic mass is 32.1. The van der Waals surface area contributed by atoms with Crippen molar-refractivity contribution in [2.45, 2.75) is 39.5 Å². The average Bonchev–Trinajstić information content (AvgIpc) is 1.89. The van der Waals surface area contributed by atoms with Gasteiger partial charge in [-0.25, -0.2) is 0 Å². The molecule has 0 aromatic rings. The van der Waals surface area contributed by atoms with Crippen LogP contribution in [0.3, 0.4) is 0 Å². The molecule has 0 bridgehead atoms. The molecule has 0 spiro atoms. The molecule has 1 heteroatoms. The van der Waals surface area contributed by atoms with Crippen LogP contribution >= 0.6 is 12.6 Å². The van der Waals surface area contributed by atoms with E-state index in [4.69, 9.17) is 0 Å². The van der Waals surface area contributed by atoms with Crippen LogP contribution in [0.5, 0.6) is 0 Å². The van der Waals surface area contributed by atoms with Crippen LogP contribution < -0.4 is 0 Å². The number of hydrogen-bond acceptors (Lipinski definition) is 1. The lowest BCUT2D eigenvalue weighted by Gasteiger charge is -2.05. The molecule has 0 aliphatic heterocycles. The van der Waals surface area contributed by atoms with Gasteiger partial charge in [0.1, 0.15) is 0 Å². The number of unbranched alkanes of at least 4 members (excludes halogenated alkanes) is 2. The van der Waals surface area contributed by atoms with Crippen LogP contribution in [0, 0.1) is 5.92 Å². The molecule has 0 fully saturated rings. The minimum atomic E-state index is 0.819. The molecule has 9 heavy (non-hydrogen) atoms. The van der Waals surface area contributed by atoms with Crippen LogP contribution in [0.15, 0.2) is 0 Å². The fraction of sp³-hybridized carbons (Fsp3) is 1.00. The predicted octanol–water partition coefficient (Wildman–Crippen LogP) is 3.13. The monoisotopic (exact) mass is 146 g/mol. The molecule has 0 saturated carbocycles. The van der Waals surface area contributed by atoms with Crippen molar-refractivity contribution in [3.05, 3.63) is 0 Å². The Balaban J connectivity index is 2.88. The number of hydrogen-bond donors (Lipinski definition) is 1. The third-order valence-electron chi connectivity index (χ3n) is 1.61. The minimum Gasteiger partial charge on any atom is -0.179 e. The van der Waals surface area contributed by atoms with Gasteiger partial charge < -0.3 is 0 Å². The van der Waals surface area contributed by atoms with Crippen molar-refractivity contribution in [2.24, 2.45) is 5.92 Å². The van der Waals surface area contributed by atoms with E-state index in [0.29, 0.717) is 0 Å². The van der Waals surface area contributed by atoms with E-state index in [0.717, 1.165) is 11.7 Å². The summed E-state index contributed by atoms with van der Waals surface area (Å²) in [6.45, 7) is 4.51. The van der Waals surface area contributed by atoms with Gasteiger partial charge in [0.15, 0.2) is 0 Å².